The third-order valence-corrected chi connectivity index (χ3v) is 6.19. The van der Waals surface area contributed by atoms with Crippen molar-refractivity contribution >= 4 is 0 Å². The van der Waals surface area contributed by atoms with Gasteiger partial charge >= 0.3 is 19.8 Å². The van der Waals surface area contributed by atoms with Gasteiger partial charge in [0.25, 0.3) is 0 Å². The number of nitrogens with zero attached hydrogens (tertiary/aromatic N) is 8. The number of hydrogen-bond donors (Lipinski definition) is 0. The van der Waals surface area contributed by atoms with Crippen molar-refractivity contribution in [1.82, 2.24) is 38.6 Å². The van der Waals surface area contributed by atoms with Crippen molar-refractivity contribution in [2.45, 2.75) is 0 Å². The van der Waals surface area contributed by atoms with Crippen molar-refractivity contribution < 1.29 is 61.4 Å². The van der Waals surface area contributed by atoms with Gasteiger partial charge in [-0.25, -0.2) is 19.3 Å². The molecule has 2 aromatic carbocycles. The van der Waals surface area contributed by atoms with Gasteiger partial charge in [0.2, 0.25) is 0 Å². The summed E-state index contributed by atoms with van der Waals surface area (Å²) < 4.78 is 19.0. The molecule has 0 aliphatic heterocycles. The summed E-state index contributed by atoms with van der Waals surface area (Å²) in [4.78, 5) is 21.1. The zero-order valence-corrected chi connectivity index (χ0v) is 29.5. The van der Waals surface area contributed by atoms with Gasteiger partial charge in [-0.2, -0.15) is 0 Å². The topological polar surface area (TPSA) is 79.2 Å². The number of hydrogen-bond acceptors (Lipinski definition) is 5. The van der Waals surface area contributed by atoms with Crippen LogP contribution in [0.3, 0.4) is 0 Å². The number of aryl methyl sites for hydroxylation is 2. The van der Waals surface area contributed by atoms with Crippen LogP contribution in [0.5, 0.6) is 0 Å². The largest absolute Gasteiger partial charge is 4.00 e. The van der Waals surface area contributed by atoms with E-state index in [-0.39, 0.29) is 62.8 Å². The summed E-state index contributed by atoms with van der Waals surface area (Å²) in [6.07, 6.45) is 14.4. The molecule has 0 amide bonds. The molecule has 0 spiro atoms. The normalized spacial score (nSPS) is 9.37. The molecule has 7 rings (SSSR count). The van der Waals surface area contributed by atoms with Crippen molar-refractivity contribution in [3.8, 4) is 40.1 Å². The zero-order valence-electron chi connectivity index (χ0n) is 24.7. The summed E-state index contributed by atoms with van der Waals surface area (Å²) in [6, 6.07) is 27.9. The van der Waals surface area contributed by atoms with Gasteiger partial charge in [0.1, 0.15) is 23.0 Å². The Kier molecular flexibility index (Phi) is 17.3. The van der Waals surface area contributed by atoms with Gasteiger partial charge in [0, 0.05) is 74.9 Å². The Bertz CT molecular complexity index is 1760. The molecule has 7 aromatic rings. The van der Waals surface area contributed by atoms with E-state index < -0.39 is 0 Å². The van der Waals surface area contributed by atoms with Crippen LogP contribution < -0.4 is 37.2 Å². The molecule has 0 saturated heterocycles. The average molecular weight is 853 g/mol. The summed E-state index contributed by atoms with van der Waals surface area (Å²) in [5.74, 6) is 2.35. The maximum Gasteiger partial charge on any atom is 4.00 e. The Morgan fingerprint density at radius 2 is 1.00 bits per heavy atom. The molecular weight excluding hydrogens is 824 g/mol. The van der Waals surface area contributed by atoms with Gasteiger partial charge in [-0.1, -0.05) is 48.5 Å². The number of rotatable bonds is 4. The molecule has 0 bridgehead atoms. The van der Waals surface area contributed by atoms with Crippen LogP contribution in [0.15, 0.2) is 141 Å². The van der Waals surface area contributed by atoms with Crippen LogP contribution in [0.1, 0.15) is 0 Å². The number of pyridine rings is 2. The van der Waals surface area contributed by atoms with Gasteiger partial charge in [-0.3, -0.25) is 14.5 Å². The predicted octanol–water partition coefficient (Wildman–Crippen LogP) is -2.35. The van der Waals surface area contributed by atoms with Crippen molar-refractivity contribution in [2.24, 2.45) is 14.1 Å². The molecule has 0 aliphatic rings. The van der Waals surface area contributed by atoms with Crippen LogP contribution in [0, 0.1) is 5.82 Å². The van der Waals surface area contributed by atoms with E-state index in [2.05, 4.69) is 24.9 Å². The minimum Gasteiger partial charge on any atom is -1.00 e. The molecule has 8 nitrogen and oxygen atoms in total. The molecule has 5 aromatic heterocycles. The van der Waals surface area contributed by atoms with Crippen LogP contribution in [0.2, 0.25) is 0 Å². The summed E-state index contributed by atoms with van der Waals surface area (Å²) in [7, 11) is 3.91. The maximum absolute atomic E-state index is 13.3. The van der Waals surface area contributed by atoms with E-state index in [0.717, 1.165) is 40.1 Å². The third kappa shape index (κ3) is 10.4. The molecule has 0 unspecified atom stereocenters. The molecule has 0 aliphatic carbocycles. The molecule has 5 heterocycles. The van der Waals surface area contributed by atoms with Gasteiger partial charge in [0.15, 0.2) is 11.6 Å². The van der Waals surface area contributed by atoms with Gasteiger partial charge < -0.3 is 46.4 Å². The summed E-state index contributed by atoms with van der Waals surface area (Å²) in [6.45, 7) is 0. The third-order valence-electron chi connectivity index (χ3n) is 6.19. The number of halogens is 4. The van der Waals surface area contributed by atoms with Crippen LogP contribution in [0.25, 0.3) is 40.1 Å². The number of aromatic nitrogens is 8. The van der Waals surface area contributed by atoms with Crippen LogP contribution in [-0.2, 0) is 33.9 Å². The molecule has 0 N–H and O–H groups in total. The first-order valence-corrected chi connectivity index (χ1v) is 13.2. The van der Waals surface area contributed by atoms with Gasteiger partial charge in [0.05, 0.1) is 0 Å². The number of imidazole rings is 3. The fourth-order valence-electron chi connectivity index (χ4n) is 4.15. The van der Waals surface area contributed by atoms with Crippen LogP contribution >= 0.6 is 0 Å². The second kappa shape index (κ2) is 20.0. The van der Waals surface area contributed by atoms with E-state index in [1.807, 2.05) is 119 Å². The molecule has 46 heavy (non-hydrogen) atoms. The molecule has 0 radical (unpaired) electrons. The van der Waals surface area contributed by atoms with E-state index >= 15 is 0 Å². The Morgan fingerprint density at radius 3 is 1.46 bits per heavy atom. The van der Waals surface area contributed by atoms with E-state index in [1.54, 1.807) is 37.1 Å². The minimum absolute atomic E-state index is 0. The first-order chi connectivity index (χ1) is 20.6. The van der Waals surface area contributed by atoms with Crippen molar-refractivity contribution in [1.29, 1.82) is 0 Å². The molecule has 0 fully saturated rings. The number of benzene rings is 2. The Balaban J connectivity index is 0.000000340. The Hall–Kier alpha value is -4.19. The predicted molar refractivity (Wildman–Crippen MR) is 162 cm³/mol. The quantitative estimate of drug-likeness (QED) is 0.199. The van der Waals surface area contributed by atoms with Crippen molar-refractivity contribution in [3.05, 3.63) is 146 Å². The van der Waals surface area contributed by atoms with Crippen LogP contribution in [-0.4, -0.2) is 38.6 Å². The van der Waals surface area contributed by atoms with Crippen molar-refractivity contribution in [3.63, 3.8) is 0 Å². The van der Waals surface area contributed by atoms with E-state index in [4.69, 9.17) is 0 Å². The zero-order chi connectivity index (χ0) is 29.1. The molecule has 0 saturated carbocycles. The fourth-order valence-corrected chi connectivity index (χ4v) is 4.15. The first kappa shape index (κ1) is 39.8. The average Bonchev–Trinajstić information content (AvgIpc) is 3.81. The maximum atomic E-state index is 13.3. The first-order valence-electron chi connectivity index (χ1n) is 13.2. The standard InChI is InChI=1S/C15H11FN2.2C9H9N3.3ClH.Os/c16-13-7-4-8-14(11-13)18-10-9-17-15(18)12-5-2-1-3-6-12;2*1-12-7-6-11-9(12)8-4-2-3-5-10-8;;;;/h1-11H;2*2-7H,1H3;3*1H;/q;;;;;;+4/p-3. The molecular formula is C33H29Cl3FN8Os+. The monoisotopic (exact) mass is 853 g/mol. The Morgan fingerprint density at radius 1 is 0.500 bits per heavy atom. The second-order valence-corrected chi connectivity index (χ2v) is 9.12. The van der Waals surface area contributed by atoms with Crippen LogP contribution in [0.4, 0.5) is 4.39 Å². The summed E-state index contributed by atoms with van der Waals surface area (Å²) >= 11 is 0. The van der Waals surface area contributed by atoms with Crippen molar-refractivity contribution in [2.75, 3.05) is 0 Å². The molecule has 0 atom stereocenters. The van der Waals surface area contributed by atoms with E-state index in [1.165, 1.54) is 12.1 Å². The van der Waals surface area contributed by atoms with E-state index in [0.29, 0.717) is 0 Å². The SMILES string of the molecule is Cn1ccnc1-c1ccccn1.Cn1ccnc1-c1ccccn1.Fc1cccc(-n2ccnc2-c2ccccc2)c1.[Cl-].[Cl-].[Cl-].[Os+4]. The fraction of sp³-hybridized carbons (Fsp3) is 0.0606. The Labute approximate surface area is 299 Å². The van der Waals surface area contributed by atoms with Gasteiger partial charge in [-0.15, -0.1) is 0 Å². The molecule has 236 valence electrons. The smallest absolute Gasteiger partial charge is 1.00 e. The second-order valence-electron chi connectivity index (χ2n) is 9.12. The summed E-state index contributed by atoms with van der Waals surface area (Å²) in [5, 5.41) is 0. The summed E-state index contributed by atoms with van der Waals surface area (Å²) in [5.41, 5.74) is 3.59. The van der Waals surface area contributed by atoms with E-state index in [9.17, 15) is 4.39 Å². The minimum atomic E-state index is -0.250. The van der Waals surface area contributed by atoms with Gasteiger partial charge in [-0.05, 0) is 42.5 Å². The molecule has 13 heteroatoms.